The number of carbonyl (C=O) groups is 2. The maximum Gasteiger partial charge on any atom is 0.425 e. The summed E-state index contributed by atoms with van der Waals surface area (Å²) in [6.45, 7) is 10.1. The molecule has 0 N–H and O–H groups in total. The zero-order valence-corrected chi connectivity index (χ0v) is 15.1. The average molecular weight is 331 g/mol. The van der Waals surface area contributed by atoms with Gasteiger partial charge in [0.15, 0.2) is 19.4 Å². The van der Waals surface area contributed by atoms with Crippen LogP contribution in [0, 0.1) is 12.3 Å². The monoisotopic (exact) mass is 331 g/mol. The molecule has 8 heteroatoms. The van der Waals surface area contributed by atoms with Gasteiger partial charge in [0, 0.05) is 11.8 Å². The molecule has 0 spiro atoms. The van der Waals surface area contributed by atoms with Crippen molar-refractivity contribution in [3.63, 3.8) is 0 Å². The van der Waals surface area contributed by atoms with Crippen LogP contribution < -0.4 is 10.5 Å². The Balaban J connectivity index is 3.36. The highest BCUT2D eigenvalue weighted by molar-refractivity contribution is 6.30. The van der Waals surface area contributed by atoms with E-state index in [1.807, 2.05) is 0 Å². The van der Waals surface area contributed by atoms with Crippen LogP contribution in [0.25, 0.3) is 0 Å². The molecule has 0 radical (unpaired) electrons. The highest BCUT2D eigenvalue weighted by Crippen LogP contribution is 2.21. The van der Waals surface area contributed by atoms with Crippen molar-refractivity contribution in [2.45, 2.75) is 52.7 Å². The third-order valence-corrected chi connectivity index (χ3v) is 2.37. The number of imide groups is 1. The van der Waals surface area contributed by atoms with E-state index < -0.39 is 23.4 Å². The van der Waals surface area contributed by atoms with E-state index in [0.29, 0.717) is 10.5 Å². The van der Waals surface area contributed by atoms with Gasteiger partial charge in [-0.25, -0.2) is 19.6 Å². The molecule has 1 aromatic rings. The Morgan fingerprint density at radius 2 is 1.58 bits per heavy atom. The van der Waals surface area contributed by atoms with Crippen LogP contribution in [0.2, 0.25) is 0 Å². The summed E-state index contributed by atoms with van der Waals surface area (Å²) in [7, 11) is 1.70. The van der Waals surface area contributed by atoms with E-state index in [2.05, 4.69) is 15.9 Å². The smallest absolute Gasteiger partial charge is 0.425 e. The lowest BCUT2D eigenvalue weighted by molar-refractivity contribution is 0.0428. The van der Waals surface area contributed by atoms with Gasteiger partial charge in [-0.1, -0.05) is 0 Å². The van der Waals surface area contributed by atoms with Gasteiger partial charge in [0.05, 0.1) is 0 Å². The summed E-state index contributed by atoms with van der Waals surface area (Å²) in [5.74, 6) is 2.22. The van der Waals surface area contributed by atoms with Crippen LogP contribution in [-0.2, 0) is 9.47 Å². The predicted octanol–water partition coefficient (Wildman–Crippen LogP) is 1.39. The minimum Gasteiger partial charge on any atom is -0.443 e. The summed E-state index contributed by atoms with van der Waals surface area (Å²) in [5, 5.41) is 0. The Labute approximate surface area is 143 Å². The quantitative estimate of drug-likeness (QED) is 0.571. The number of hydrogen-bond acceptors (Lipinski definition) is 6. The Kier molecular flexibility index (Phi) is 5.61. The minimum atomic E-state index is -0.939. The Morgan fingerprint density at radius 3 is 1.96 bits per heavy atom. The molecule has 1 heterocycles. The summed E-state index contributed by atoms with van der Waals surface area (Å²) in [6.07, 6.45) is 4.95. The number of aromatic nitrogens is 2. The van der Waals surface area contributed by atoms with Crippen molar-refractivity contribution in [1.29, 1.82) is 0 Å². The fraction of sp³-hybridized carbons (Fsp3) is 0.500. The highest BCUT2D eigenvalue weighted by Gasteiger charge is 2.35. The SMILES string of the molecule is Bc1cnc(N(C(=O)OC(C)(C)C)C(=O)OC(C)(C)C)c(C#C)n1. The van der Waals surface area contributed by atoms with E-state index in [-0.39, 0.29) is 11.5 Å². The number of carbonyl (C=O) groups excluding carboxylic acids is 2. The van der Waals surface area contributed by atoms with Gasteiger partial charge in [0.1, 0.15) is 11.2 Å². The first kappa shape index (κ1) is 19.5. The van der Waals surface area contributed by atoms with E-state index in [1.165, 1.54) is 6.20 Å². The second kappa shape index (κ2) is 6.91. The molecule has 0 aromatic carbocycles. The average Bonchev–Trinajstić information content (AvgIpc) is 2.36. The number of ether oxygens (including phenoxy) is 2. The van der Waals surface area contributed by atoms with E-state index in [0.717, 1.165) is 0 Å². The molecule has 0 unspecified atom stereocenters. The molecule has 0 bridgehead atoms. The fourth-order valence-electron chi connectivity index (χ4n) is 1.59. The van der Waals surface area contributed by atoms with Crippen LogP contribution in [0.15, 0.2) is 6.20 Å². The van der Waals surface area contributed by atoms with Crippen molar-refractivity contribution >= 4 is 31.4 Å². The van der Waals surface area contributed by atoms with Gasteiger partial charge >= 0.3 is 12.2 Å². The Bertz CT molecular complexity index is 656. The lowest BCUT2D eigenvalue weighted by Gasteiger charge is -2.28. The third-order valence-electron chi connectivity index (χ3n) is 2.37. The summed E-state index contributed by atoms with van der Waals surface area (Å²) >= 11 is 0. The van der Waals surface area contributed by atoms with Crippen LogP contribution in [0.5, 0.6) is 0 Å². The second-order valence-electron chi connectivity index (χ2n) is 7.12. The molecule has 0 saturated heterocycles. The van der Waals surface area contributed by atoms with Gasteiger partial charge in [-0.15, -0.1) is 6.42 Å². The third kappa shape index (κ3) is 5.58. The Morgan fingerprint density at radius 1 is 1.12 bits per heavy atom. The fourth-order valence-corrected chi connectivity index (χ4v) is 1.59. The molecular formula is C16H22BN3O4. The molecule has 0 fully saturated rings. The normalized spacial score (nSPS) is 11.4. The van der Waals surface area contributed by atoms with Gasteiger partial charge in [0.25, 0.3) is 0 Å². The summed E-state index contributed by atoms with van der Waals surface area (Å²) in [4.78, 5) is 33.9. The summed E-state index contributed by atoms with van der Waals surface area (Å²) in [6, 6.07) is 0. The Hall–Kier alpha value is -2.56. The van der Waals surface area contributed by atoms with Crippen molar-refractivity contribution in [1.82, 2.24) is 9.97 Å². The molecule has 7 nitrogen and oxygen atoms in total. The largest absolute Gasteiger partial charge is 0.443 e. The lowest BCUT2D eigenvalue weighted by Crippen LogP contribution is -2.45. The van der Waals surface area contributed by atoms with Crippen molar-refractivity contribution < 1.29 is 19.1 Å². The first-order valence-electron chi connectivity index (χ1n) is 7.40. The highest BCUT2D eigenvalue weighted by atomic mass is 16.6. The van der Waals surface area contributed by atoms with E-state index in [4.69, 9.17) is 15.9 Å². The first-order chi connectivity index (χ1) is 10.8. The molecule has 24 heavy (non-hydrogen) atoms. The zero-order chi connectivity index (χ0) is 18.7. The van der Waals surface area contributed by atoms with Crippen LogP contribution in [0.1, 0.15) is 47.2 Å². The molecule has 1 rings (SSSR count). The number of amides is 2. The van der Waals surface area contributed by atoms with Crippen LogP contribution in [0.3, 0.4) is 0 Å². The zero-order valence-electron chi connectivity index (χ0n) is 15.1. The number of terminal acetylenes is 1. The van der Waals surface area contributed by atoms with Gasteiger partial charge in [-0.2, -0.15) is 4.90 Å². The maximum atomic E-state index is 12.5. The van der Waals surface area contributed by atoms with E-state index in [9.17, 15) is 9.59 Å². The number of anilines is 1. The molecule has 2 amide bonds. The van der Waals surface area contributed by atoms with Gasteiger partial charge in [-0.05, 0) is 47.5 Å². The molecule has 0 aliphatic rings. The van der Waals surface area contributed by atoms with Crippen molar-refractivity contribution in [3.05, 3.63) is 11.9 Å². The van der Waals surface area contributed by atoms with Crippen LogP contribution >= 0.6 is 0 Å². The number of hydrogen-bond donors (Lipinski definition) is 0. The predicted molar refractivity (Wildman–Crippen MR) is 93.1 cm³/mol. The standard InChI is InChI=1S/C16H22BN3O4/c1-8-10-12(18-9-11(17)19-10)20(13(21)23-15(2,3)4)14(22)24-16(5,6)7/h1,9H,17H2,2-7H3. The van der Waals surface area contributed by atoms with Crippen molar-refractivity contribution in [2.24, 2.45) is 0 Å². The summed E-state index contributed by atoms with van der Waals surface area (Å²) in [5.41, 5.74) is -1.02. The molecule has 0 saturated carbocycles. The molecular weight excluding hydrogens is 309 g/mol. The maximum absolute atomic E-state index is 12.5. The van der Waals surface area contributed by atoms with Gasteiger partial charge in [0.2, 0.25) is 0 Å². The first-order valence-corrected chi connectivity index (χ1v) is 7.40. The molecule has 1 aromatic heterocycles. The molecule has 0 atom stereocenters. The van der Waals surface area contributed by atoms with Crippen LogP contribution in [-0.4, -0.2) is 41.2 Å². The van der Waals surface area contributed by atoms with Gasteiger partial charge in [-0.3, -0.25) is 0 Å². The van der Waals surface area contributed by atoms with Gasteiger partial charge < -0.3 is 9.47 Å². The number of rotatable bonds is 1. The molecule has 0 aliphatic carbocycles. The van der Waals surface area contributed by atoms with E-state index in [1.54, 1.807) is 49.4 Å². The summed E-state index contributed by atoms with van der Waals surface area (Å²) < 4.78 is 10.5. The van der Waals surface area contributed by atoms with Crippen molar-refractivity contribution in [3.8, 4) is 12.3 Å². The van der Waals surface area contributed by atoms with Crippen molar-refractivity contribution in [2.75, 3.05) is 4.90 Å². The topological polar surface area (TPSA) is 81.6 Å². The lowest BCUT2D eigenvalue weighted by atomic mass is 10.1. The number of nitrogens with zero attached hydrogens (tertiary/aromatic N) is 3. The van der Waals surface area contributed by atoms with E-state index >= 15 is 0 Å². The molecule has 128 valence electrons. The minimum absolute atomic E-state index is 0.0479. The van der Waals surface area contributed by atoms with Crippen LogP contribution in [0.4, 0.5) is 15.4 Å². The molecule has 0 aliphatic heterocycles. The second-order valence-corrected chi connectivity index (χ2v) is 7.12.